The third kappa shape index (κ3) is 5.42. The first-order chi connectivity index (χ1) is 10.9. The topological polar surface area (TPSA) is 49.8 Å². The summed E-state index contributed by atoms with van der Waals surface area (Å²) in [6.07, 6.45) is -4.60. The smallest absolute Gasteiger partial charge is 0.350 e. The van der Waals surface area contributed by atoms with E-state index in [1.807, 2.05) is 0 Å². The highest BCUT2D eigenvalue weighted by atomic mass is 35.5. The molecule has 0 aliphatic heterocycles. The van der Waals surface area contributed by atoms with E-state index in [1.54, 1.807) is 20.8 Å². The quantitative estimate of drug-likeness (QED) is 0.712. The number of nitrogens with one attached hydrogen (secondary N) is 2. The van der Waals surface area contributed by atoms with Crippen molar-refractivity contribution < 1.29 is 13.2 Å². The Hall–Kier alpha value is -1.73. The lowest BCUT2D eigenvalue weighted by Crippen LogP contribution is -2.28. The second-order valence-electron chi connectivity index (χ2n) is 6.12. The van der Waals surface area contributed by atoms with Crippen LogP contribution in [0.3, 0.4) is 0 Å². The molecule has 0 fully saturated rings. The summed E-state index contributed by atoms with van der Waals surface area (Å²) >= 11 is 11.8. The number of aromatic nitrogens is 2. The predicted octanol–water partition coefficient (Wildman–Crippen LogP) is 5.76. The second kappa shape index (κ2) is 6.64. The first-order valence-electron chi connectivity index (χ1n) is 6.90. The number of rotatable bonds is 3. The van der Waals surface area contributed by atoms with Crippen molar-refractivity contribution in [1.29, 1.82) is 0 Å². The summed E-state index contributed by atoms with van der Waals surface area (Å²) in [6.45, 7) is 5.38. The van der Waals surface area contributed by atoms with Crippen molar-refractivity contribution in [2.45, 2.75) is 32.5 Å². The van der Waals surface area contributed by atoms with Crippen LogP contribution in [0.4, 0.5) is 30.6 Å². The minimum absolute atomic E-state index is 0.0255. The maximum absolute atomic E-state index is 13.1. The van der Waals surface area contributed by atoms with E-state index >= 15 is 0 Å². The van der Waals surface area contributed by atoms with E-state index in [4.69, 9.17) is 23.2 Å². The lowest BCUT2D eigenvalue weighted by atomic mass is 10.1. The van der Waals surface area contributed by atoms with Crippen molar-refractivity contribution in [1.82, 2.24) is 9.97 Å². The van der Waals surface area contributed by atoms with Gasteiger partial charge in [-0.05, 0) is 39.0 Å². The van der Waals surface area contributed by atoms with E-state index in [0.29, 0.717) is 15.7 Å². The van der Waals surface area contributed by atoms with Crippen molar-refractivity contribution in [2.24, 2.45) is 0 Å². The van der Waals surface area contributed by atoms with Gasteiger partial charge in [-0.15, -0.1) is 0 Å². The van der Waals surface area contributed by atoms with Crippen LogP contribution in [-0.2, 0) is 6.18 Å². The Morgan fingerprint density at radius 1 is 0.917 bits per heavy atom. The minimum Gasteiger partial charge on any atom is -0.350 e. The van der Waals surface area contributed by atoms with Crippen LogP contribution in [0, 0.1) is 0 Å². The van der Waals surface area contributed by atoms with E-state index in [2.05, 4.69) is 20.6 Å². The number of nitrogens with zero attached hydrogens (tertiary/aromatic N) is 2. The maximum Gasteiger partial charge on any atom is 0.433 e. The Bertz CT molecular complexity index is 722. The number of hydrogen-bond donors (Lipinski definition) is 2. The van der Waals surface area contributed by atoms with Crippen molar-refractivity contribution in [2.75, 3.05) is 10.6 Å². The Morgan fingerprint density at radius 3 is 2.00 bits per heavy atom. The monoisotopic (exact) mass is 378 g/mol. The molecule has 0 amide bonds. The average molecular weight is 379 g/mol. The average Bonchev–Trinajstić information content (AvgIpc) is 2.33. The molecule has 1 heterocycles. The first kappa shape index (κ1) is 18.6. The van der Waals surface area contributed by atoms with Crippen molar-refractivity contribution in [3.8, 4) is 0 Å². The Kier molecular flexibility index (Phi) is 5.15. The first-order valence-corrected chi connectivity index (χ1v) is 7.65. The van der Waals surface area contributed by atoms with Gasteiger partial charge in [0.15, 0.2) is 5.69 Å². The van der Waals surface area contributed by atoms with Gasteiger partial charge in [0.1, 0.15) is 5.82 Å². The van der Waals surface area contributed by atoms with Crippen LogP contribution in [-0.4, -0.2) is 15.5 Å². The van der Waals surface area contributed by atoms with Crippen molar-refractivity contribution in [3.05, 3.63) is 40.0 Å². The summed E-state index contributed by atoms with van der Waals surface area (Å²) in [5.41, 5.74) is -1.14. The fourth-order valence-electron chi connectivity index (χ4n) is 1.82. The van der Waals surface area contributed by atoms with Crippen LogP contribution in [0.5, 0.6) is 0 Å². The third-order valence-corrected chi connectivity index (χ3v) is 3.07. The van der Waals surface area contributed by atoms with Crippen LogP contribution < -0.4 is 10.6 Å². The van der Waals surface area contributed by atoms with Crippen LogP contribution in [0.1, 0.15) is 26.5 Å². The van der Waals surface area contributed by atoms with Crippen LogP contribution in [0.25, 0.3) is 0 Å². The number of halogens is 5. The number of benzene rings is 1. The van der Waals surface area contributed by atoms with Crippen molar-refractivity contribution >= 4 is 40.7 Å². The third-order valence-electron chi connectivity index (χ3n) is 2.64. The molecule has 24 heavy (non-hydrogen) atoms. The zero-order chi connectivity index (χ0) is 18.1. The maximum atomic E-state index is 13.1. The Morgan fingerprint density at radius 2 is 1.50 bits per heavy atom. The normalized spacial score (nSPS) is 12.2. The molecule has 2 N–H and O–H groups in total. The number of hydrogen-bond acceptors (Lipinski definition) is 4. The van der Waals surface area contributed by atoms with Gasteiger partial charge in [0, 0.05) is 27.3 Å². The fourth-order valence-corrected chi connectivity index (χ4v) is 2.35. The lowest BCUT2D eigenvalue weighted by Gasteiger charge is -2.21. The van der Waals surface area contributed by atoms with Crippen LogP contribution >= 0.6 is 23.2 Å². The molecule has 1 aromatic carbocycles. The molecule has 0 saturated carbocycles. The molecule has 0 bridgehead atoms. The molecule has 0 aliphatic carbocycles. The van der Waals surface area contributed by atoms with Gasteiger partial charge < -0.3 is 10.6 Å². The van der Waals surface area contributed by atoms with E-state index < -0.39 is 17.4 Å². The van der Waals surface area contributed by atoms with E-state index in [-0.39, 0.29) is 11.8 Å². The highest BCUT2D eigenvalue weighted by molar-refractivity contribution is 6.35. The fraction of sp³-hybridized carbons (Fsp3) is 0.333. The summed E-state index contributed by atoms with van der Waals surface area (Å²) in [7, 11) is 0. The van der Waals surface area contributed by atoms with Crippen molar-refractivity contribution in [3.63, 3.8) is 0 Å². The zero-order valence-electron chi connectivity index (χ0n) is 13.1. The SMILES string of the molecule is CC(C)(C)Nc1nc(Nc2cc(Cl)cc(Cl)c2)cc(C(F)(F)F)n1. The summed E-state index contributed by atoms with van der Waals surface area (Å²) in [4.78, 5) is 7.59. The number of alkyl halides is 3. The van der Waals surface area contributed by atoms with Gasteiger partial charge >= 0.3 is 6.18 Å². The molecule has 1 aromatic heterocycles. The summed E-state index contributed by atoms with van der Waals surface area (Å²) < 4.78 is 39.2. The molecule has 4 nitrogen and oxygen atoms in total. The second-order valence-corrected chi connectivity index (χ2v) is 6.99. The van der Waals surface area contributed by atoms with E-state index in [1.165, 1.54) is 18.2 Å². The molecule has 0 radical (unpaired) electrons. The molecule has 0 spiro atoms. The molecule has 0 unspecified atom stereocenters. The predicted molar refractivity (Wildman–Crippen MR) is 90.2 cm³/mol. The highest BCUT2D eigenvalue weighted by Gasteiger charge is 2.34. The van der Waals surface area contributed by atoms with Crippen LogP contribution in [0.2, 0.25) is 10.0 Å². The van der Waals surface area contributed by atoms with E-state index in [9.17, 15) is 13.2 Å². The van der Waals surface area contributed by atoms with Crippen LogP contribution in [0.15, 0.2) is 24.3 Å². The summed E-state index contributed by atoms with van der Waals surface area (Å²) in [5.74, 6) is -0.157. The summed E-state index contributed by atoms with van der Waals surface area (Å²) in [5, 5.41) is 6.29. The van der Waals surface area contributed by atoms with E-state index in [0.717, 1.165) is 6.07 Å². The standard InChI is InChI=1S/C15H15Cl2F3N4/c1-14(2,3)24-13-22-11(15(18,19)20)7-12(23-13)21-10-5-8(16)4-9(17)6-10/h4-7H,1-3H3,(H2,21,22,23,24). The van der Waals surface area contributed by atoms with Gasteiger partial charge in [0.2, 0.25) is 5.95 Å². The van der Waals surface area contributed by atoms with Gasteiger partial charge in [-0.2, -0.15) is 18.2 Å². The van der Waals surface area contributed by atoms with Gasteiger partial charge in [0.05, 0.1) is 0 Å². The zero-order valence-corrected chi connectivity index (χ0v) is 14.6. The van der Waals surface area contributed by atoms with Gasteiger partial charge in [0.25, 0.3) is 0 Å². The molecule has 0 aliphatic rings. The molecule has 0 atom stereocenters. The molecular formula is C15H15Cl2F3N4. The molecule has 0 saturated heterocycles. The molecule has 9 heteroatoms. The molecule has 130 valence electrons. The molecular weight excluding hydrogens is 364 g/mol. The van der Waals surface area contributed by atoms with Gasteiger partial charge in [-0.3, -0.25) is 0 Å². The Balaban J connectivity index is 2.42. The summed E-state index contributed by atoms with van der Waals surface area (Å²) in [6, 6.07) is 5.39. The lowest BCUT2D eigenvalue weighted by molar-refractivity contribution is -0.141. The Labute approximate surface area is 147 Å². The highest BCUT2D eigenvalue weighted by Crippen LogP contribution is 2.31. The largest absolute Gasteiger partial charge is 0.433 e. The molecule has 2 rings (SSSR count). The van der Waals surface area contributed by atoms with Gasteiger partial charge in [-0.1, -0.05) is 23.2 Å². The number of anilines is 3. The molecule has 2 aromatic rings. The van der Waals surface area contributed by atoms with Gasteiger partial charge in [-0.25, -0.2) is 4.98 Å². The minimum atomic E-state index is -4.60.